The molecule has 2 aromatic heterocycles. The summed E-state index contributed by atoms with van der Waals surface area (Å²) in [6.45, 7) is 3.57. The van der Waals surface area contributed by atoms with Crippen molar-refractivity contribution in [2.75, 3.05) is 18.4 Å². The van der Waals surface area contributed by atoms with Crippen LogP contribution in [0.15, 0.2) is 23.0 Å². The van der Waals surface area contributed by atoms with Crippen LogP contribution in [0.4, 0.5) is 10.5 Å². The highest BCUT2D eigenvalue weighted by Crippen LogP contribution is 2.26. The molecule has 0 bridgehead atoms. The summed E-state index contributed by atoms with van der Waals surface area (Å²) in [6, 6.07) is 2.05. The predicted molar refractivity (Wildman–Crippen MR) is 84.8 cm³/mol. The standard InChI is InChI=1S/C15H20N4OS/c1-11-9-21-10-14(11)16-15(20)19-6-3-4-12(8-19)13-5-7-18(2)17-13/h5,7,9-10,12H,3-4,6,8H2,1-2H3,(H,16,20). The van der Waals surface area contributed by atoms with Gasteiger partial charge in [0.15, 0.2) is 0 Å². The minimum absolute atomic E-state index is 0.00266. The number of piperidine rings is 1. The molecule has 3 rings (SSSR count). The van der Waals surface area contributed by atoms with Gasteiger partial charge in [0, 0.05) is 37.6 Å². The Balaban J connectivity index is 1.65. The molecule has 112 valence electrons. The summed E-state index contributed by atoms with van der Waals surface area (Å²) in [7, 11) is 1.93. The van der Waals surface area contributed by atoms with Gasteiger partial charge in [-0.3, -0.25) is 4.68 Å². The van der Waals surface area contributed by atoms with Crippen molar-refractivity contribution in [3.8, 4) is 0 Å². The molecule has 3 heterocycles. The Morgan fingerprint density at radius 1 is 1.48 bits per heavy atom. The quantitative estimate of drug-likeness (QED) is 0.926. The number of nitrogens with zero attached hydrogens (tertiary/aromatic N) is 3. The second-order valence-corrected chi connectivity index (χ2v) is 6.34. The Labute approximate surface area is 128 Å². The largest absolute Gasteiger partial charge is 0.324 e. The normalized spacial score (nSPS) is 18.8. The first-order valence-corrected chi connectivity index (χ1v) is 8.16. The van der Waals surface area contributed by atoms with E-state index in [-0.39, 0.29) is 6.03 Å². The lowest BCUT2D eigenvalue weighted by Gasteiger charge is -2.32. The van der Waals surface area contributed by atoms with E-state index in [1.165, 1.54) is 0 Å². The maximum Gasteiger partial charge on any atom is 0.321 e. The molecule has 2 amide bonds. The lowest BCUT2D eigenvalue weighted by molar-refractivity contribution is 0.192. The van der Waals surface area contributed by atoms with E-state index < -0.39 is 0 Å². The number of carbonyl (C=O) groups is 1. The van der Waals surface area contributed by atoms with E-state index in [0.717, 1.165) is 42.9 Å². The van der Waals surface area contributed by atoms with E-state index in [4.69, 9.17) is 0 Å². The van der Waals surface area contributed by atoms with Gasteiger partial charge in [-0.2, -0.15) is 5.10 Å². The van der Waals surface area contributed by atoms with Gasteiger partial charge in [-0.25, -0.2) is 4.79 Å². The van der Waals surface area contributed by atoms with Gasteiger partial charge in [-0.05, 0) is 36.8 Å². The van der Waals surface area contributed by atoms with Crippen LogP contribution >= 0.6 is 11.3 Å². The molecule has 1 fully saturated rings. The Morgan fingerprint density at radius 3 is 3.00 bits per heavy atom. The molecular formula is C15H20N4OS. The second-order valence-electron chi connectivity index (χ2n) is 5.60. The number of hydrogen-bond acceptors (Lipinski definition) is 3. The van der Waals surface area contributed by atoms with E-state index in [1.54, 1.807) is 11.3 Å². The van der Waals surface area contributed by atoms with Gasteiger partial charge in [-0.1, -0.05) is 0 Å². The second kappa shape index (κ2) is 5.89. The van der Waals surface area contributed by atoms with Crippen molar-refractivity contribution in [3.05, 3.63) is 34.3 Å². The van der Waals surface area contributed by atoms with Gasteiger partial charge >= 0.3 is 6.03 Å². The van der Waals surface area contributed by atoms with Crippen LogP contribution in [-0.2, 0) is 7.05 Å². The molecule has 0 spiro atoms. The average molecular weight is 304 g/mol. The van der Waals surface area contributed by atoms with E-state index >= 15 is 0 Å². The molecular weight excluding hydrogens is 284 g/mol. The molecule has 6 heteroatoms. The van der Waals surface area contributed by atoms with Crippen molar-refractivity contribution in [2.45, 2.75) is 25.7 Å². The van der Waals surface area contributed by atoms with Crippen molar-refractivity contribution in [3.63, 3.8) is 0 Å². The Kier molecular flexibility index (Phi) is 3.96. The zero-order valence-corrected chi connectivity index (χ0v) is 13.2. The molecule has 0 aliphatic carbocycles. The van der Waals surface area contributed by atoms with Gasteiger partial charge in [0.05, 0.1) is 11.4 Å². The third kappa shape index (κ3) is 3.10. The maximum atomic E-state index is 12.4. The number of aryl methyl sites for hydroxylation is 2. The highest BCUT2D eigenvalue weighted by Gasteiger charge is 2.26. The zero-order chi connectivity index (χ0) is 14.8. The first kappa shape index (κ1) is 14.1. The molecule has 0 aromatic carbocycles. The summed E-state index contributed by atoms with van der Waals surface area (Å²) in [5, 5.41) is 11.5. The highest BCUT2D eigenvalue weighted by molar-refractivity contribution is 7.08. The fourth-order valence-electron chi connectivity index (χ4n) is 2.74. The molecule has 1 atom stereocenters. The van der Waals surface area contributed by atoms with Crippen LogP contribution in [0.25, 0.3) is 0 Å². The van der Waals surface area contributed by atoms with E-state index in [9.17, 15) is 4.79 Å². The number of rotatable bonds is 2. The molecule has 1 aliphatic heterocycles. The van der Waals surface area contributed by atoms with Crippen molar-refractivity contribution >= 4 is 23.1 Å². The van der Waals surface area contributed by atoms with Crippen molar-refractivity contribution in [2.24, 2.45) is 7.05 Å². The predicted octanol–water partition coefficient (Wildman–Crippen LogP) is 3.20. The topological polar surface area (TPSA) is 50.2 Å². The van der Waals surface area contributed by atoms with Crippen molar-refractivity contribution in [1.82, 2.24) is 14.7 Å². The molecule has 1 aliphatic rings. The number of carbonyl (C=O) groups excluding carboxylic acids is 1. The number of anilines is 1. The third-order valence-corrected chi connectivity index (χ3v) is 4.82. The van der Waals surface area contributed by atoms with Crippen LogP contribution in [0.3, 0.4) is 0 Å². The van der Waals surface area contributed by atoms with E-state index in [0.29, 0.717) is 5.92 Å². The van der Waals surface area contributed by atoms with Gasteiger partial charge in [0.1, 0.15) is 0 Å². The number of likely N-dealkylation sites (tertiary alicyclic amines) is 1. The number of aromatic nitrogens is 2. The van der Waals surface area contributed by atoms with Gasteiger partial charge in [-0.15, -0.1) is 11.3 Å². The van der Waals surface area contributed by atoms with Crippen LogP contribution in [-0.4, -0.2) is 33.8 Å². The molecule has 5 nitrogen and oxygen atoms in total. The van der Waals surface area contributed by atoms with E-state index in [2.05, 4.69) is 16.5 Å². The number of urea groups is 1. The highest BCUT2D eigenvalue weighted by atomic mass is 32.1. The number of nitrogens with one attached hydrogen (secondary N) is 1. The van der Waals surface area contributed by atoms with Crippen LogP contribution in [0.2, 0.25) is 0 Å². The van der Waals surface area contributed by atoms with Gasteiger partial charge < -0.3 is 10.2 Å². The summed E-state index contributed by atoms with van der Waals surface area (Å²) in [4.78, 5) is 14.3. The smallest absolute Gasteiger partial charge is 0.321 e. The molecule has 1 saturated heterocycles. The maximum absolute atomic E-state index is 12.4. The minimum Gasteiger partial charge on any atom is -0.324 e. The molecule has 2 aromatic rings. The fourth-order valence-corrected chi connectivity index (χ4v) is 3.52. The summed E-state index contributed by atoms with van der Waals surface area (Å²) in [5.41, 5.74) is 3.12. The number of thiophene rings is 1. The van der Waals surface area contributed by atoms with Gasteiger partial charge in [0.25, 0.3) is 0 Å². The lowest BCUT2D eigenvalue weighted by atomic mass is 9.95. The first-order chi connectivity index (χ1) is 10.1. The summed E-state index contributed by atoms with van der Waals surface area (Å²) in [5.74, 6) is 0.342. The lowest BCUT2D eigenvalue weighted by Crippen LogP contribution is -2.41. The van der Waals surface area contributed by atoms with Crippen LogP contribution in [0.1, 0.15) is 30.0 Å². The Bertz CT molecular complexity index is 633. The SMILES string of the molecule is Cc1cscc1NC(=O)N1CCCC(c2ccn(C)n2)C1. The average Bonchev–Trinajstić information content (AvgIpc) is 3.08. The minimum atomic E-state index is -0.00266. The Morgan fingerprint density at radius 2 is 2.33 bits per heavy atom. The molecule has 1 N–H and O–H groups in total. The molecule has 0 radical (unpaired) electrons. The van der Waals surface area contributed by atoms with Crippen molar-refractivity contribution in [1.29, 1.82) is 0 Å². The van der Waals surface area contributed by atoms with Crippen LogP contribution in [0, 0.1) is 6.92 Å². The van der Waals surface area contributed by atoms with Crippen molar-refractivity contribution < 1.29 is 4.79 Å². The number of hydrogen-bond donors (Lipinski definition) is 1. The van der Waals surface area contributed by atoms with E-state index in [1.807, 2.05) is 40.5 Å². The first-order valence-electron chi connectivity index (χ1n) is 7.22. The number of amides is 2. The fraction of sp³-hybridized carbons (Fsp3) is 0.467. The monoisotopic (exact) mass is 304 g/mol. The summed E-state index contributed by atoms with van der Waals surface area (Å²) < 4.78 is 1.82. The summed E-state index contributed by atoms with van der Waals surface area (Å²) >= 11 is 1.61. The van der Waals surface area contributed by atoms with Crippen LogP contribution in [0.5, 0.6) is 0 Å². The summed E-state index contributed by atoms with van der Waals surface area (Å²) in [6.07, 6.45) is 4.08. The molecule has 0 saturated carbocycles. The molecule has 1 unspecified atom stereocenters. The molecule has 21 heavy (non-hydrogen) atoms. The zero-order valence-electron chi connectivity index (χ0n) is 12.4. The van der Waals surface area contributed by atoms with Gasteiger partial charge in [0.2, 0.25) is 0 Å². The third-order valence-electron chi connectivity index (χ3n) is 3.96. The van der Waals surface area contributed by atoms with Crippen LogP contribution < -0.4 is 5.32 Å². The Hall–Kier alpha value is -1.82.